The van der Waals surface area contributed by atoms with Crippen molar-refractivity contribution in [1.82, 2.24) is 0 Å². The fourth-order valence-electron chi connectivity index (χ4n) is 0.123. The molecule has 2 heteroatoms. The Hall–Kier alpha value is -1.05. The van der Waals surface area contributed by atoms with Crippen LogP contribution in [0.5, 0.6) is 0 Å². The molecule has 0 fully saturated rings. The molecule has 0 aliphatic rings. The molecule has 0 saturated carbocycles. The second-order valence-corrected chi connectivity index (χ2v) is 0.887. The summed E-state index contributed by atoms with van der Waals surface area (Å²) in [5.74, 6) is -0.829. The lowest BCUT2D eigenvalue weighted by Crippen LogP contribution is -1.88. The first kappa shape index (κ1) is 10.0. The molecule has 0 atom stereocenters. The molecule has 0 rings (SSSR count). The Kier molecular flexibility index (Phi) is 11.7. The highest BCUT2D eigenvalue weighted by molar-refractivity contribution is 5.68. The van der Waals surface area contributed by atoms with Gasteiger partial charge in [-0.05, 0) is 0 Å². The van der Waals surface area contributed by atoms with Crippen LogP contribution >= 0.6 is 0 Å². The highest BCUT2D eigenvalue weighted by Gasteiger charge is 1.84. The lowest BCUT2D eigenvalue weighted by atomic mass is 10.4. The largest absolute Gasteiger partial charge is 0.481 e. The van der Waals surface area contributed by atoms with Gasteiger partial charge in [0.05, 0.1) is 6.42 Å². The molecule has 0 aromatic carbocycles. The van der Waals surface area contributed by atoms with Crippen LogP contribution in [0.1, 0.15) is 6.42 Å². The highest BCUT2D eigenvalue weighted by atomic mass is 16.4. The maximum absolute atomic E-state index is 9.53. The number of aliphatic carboxylic acids is 1. The van der Waals surface area contributed by atoms with E-state index < -0.39 is 5.97 Å². The summed E-state index contributed by atoms with van der Waals surface area (Å²) in [5, 5.41) is 7.84. The molecule has 0 unspecified atom stereocenters. The minimum absolute atomic E-state index is 0.0556. The van der Waals surface area contributed by atoms with E-state index in [1.165, 1.54) is 6.08 Å². The molecule has 0 aliphatic heterocycles. The van der Waals surface area contributed by atoms with Crippen LogP contribution in [0, 0.1) is 0 Å². The summed E-state index contributed by atoms with van der Waals surface area (Å²) in [6.07, 6.45) is 1.41. The minimum Gasteiger partial charge on any atom is -0.481 e. The van der Waals surface area contributed by atoms with Gasteiger partial charge in [0.15, 0.2) is 0 Å². The van der Waals surface area contributed by atoms with Crippen LogP contribution in [0.25, 0.3) is 0 Å². The van der Waals surface area contributed by atoms with Crippen LogP contribution < -0.4 is 0 Å². The smallest absolute Gasteiger partial charge is 0.307 e. The van der Waals surface area contributed by atoms with Gasteiger partial charge in [0.2, 0.25) is 0 Å². The molecule has 2 nitrogen and oxygen atoms in total. The van der Waals surface area contributed by atoms with Gasteiger partial charge in [-0.2, -0.15) is 0 Å². The Bertz CT molecular complexity index is 76.6. The van der Waals surface area contributed by atoms with Gasteiger partial charge < -0.3 is 5.11 Å². The first-order valence-corrected chi connectivity index (χ1v) is 2.10. The zero-order valence-corrected chi connectivity index (χ0v) is 4.76. The van der Waals surface area contributed by atoms with E-state index in [1.54, 1.807) is 0 Å². The lowest BCUT2D eigenvalue weighted by molar-refractivity contribution is -0.135. The summed E-state index contributed by atoms with van der Waals surface area (Å²) in [6.45, 7) is 9.22. The van der Waals surface area contributed by atoms with Gasteiger partial charge >= 0.3 is 5.97 Å². The molecule has 0 aliphatic carbocycles. The Morgan fingerprint density at radius 1 is 1.62 bits per heavy atom. The first-order valence-electron chi connectivity index (χ1n) is 2.10. The van der Waals surface area contributed by atoms with E-state index in [0.717, 1.165) is 0 Å². The van der Waals surface area contributed by atoms with E-state index in [-0.39, 0.29) is 6.42 Å². The lowest BCUT2D eigenvalue weighted by Gasteiger charge is -1.75. The third-order valence-electron chi connectivity index (χ3n) is 0.319. The number of hydrogen-bond donors (Lipinski definition) is 1. The van der Waals surface area contributed by atoms with Crippen LogP contribution in [0.2, 0.25) is 0 Å². The highest BCUT2D eigenvalue weighted by Crippen LogP contribution is 1.74. The van der Waals surface area contributed by atoms with Crippen molar-refractivity contribution in [3.63, 3.8) is 0 Å². The maximum Gasteiger partial charge on any atom is 0.307 e. The molecule has 0 bridgehead atoms. The summed E-state index contributed by atoms with van der Waals surface area (Å²) in [7, 11) is 0. The molecule has 0 amide bonds. The first-order chi connectivity index (χ1) is 3.77. The van der Waals surface area contributed by atoms with Crippen LogP contribution in [-0.2, 0) is 4.79 Å². The Morgan fingerprint density at radius 2 is 2.00 bits per heavy atom. The van der Waals surface area contributed by atoms with Gasteiger partial charge in [0, 0.05) is 0 Å². The van der Waals surface area contributed by atoms with Crippen LogP contribution in [0.15, 0.2) is 25.8 Å². The second kappa shape index (κ2) is 9.34. The van der Waals surface area contributed by atoms with Gasteiger partial charge in [-0.25, -0.2) is 0 Å². The zero-order valence-electron chi connectivity index (χ0n) is 4.76. The van der Waals surface area contributed by atoms with E-state index in [0.29, 0.717) is 0 Å². The van der Waals surface area contributed by atoms with Crippen molar-refractivity contribution in [2.24, 2.45) is 0 Å². The van der Waals surface area contributed by atoms with Crippen molar-refractivity contribution in [3.05, 3.63) is 25.8 Å². The molecule has 0 saturated heterocycles. The molecular weight excluding hydrogens is 104 g/mol. The van der Waals surface area contributed by atoms with Crippen LogP contribution in [0.3, 0.4) is 0 Å². The van der Waals surface area contributed by atoms with Crippen molar-refractivity contribution in [3.8, 4) is 0 Å². The standard InChI is InChI=1S/C4H6O2.C2H4/c1-2-3-4(5)6;1-2/h2H,1,3H2,(H,5,6);1-2H2. The fraction of sp³-hybridized carbons (Fsp3) is 0.167. The van der Waals surface area contributed by atoms with Crippen molar-refractivity contribution in [2.45, 2.75) is 6.42 Å². The van der Waals surface area contributed by atoms with Gasteiger partial charge in [0.1, 0.15) is 0 Å². The Labute approximate surface area is 49.1 Å². The Balaban J connectivity index is 0. The summed E-state index contributed by atoms with van der Waals surface area (Å²) in [4.78, 5) is 9.53. The fourth-order valence-corrected chi connectivity index (χ4v) is 0.123. The predicted octanol–water partition coefficient (Wildman–Crippen LogP) is 1.45. The molecule has 0 heterocycles. The molecule has 0 spiro atoms. The minimum atomic E-state index is -0.829. The number of carbonyl (C=O) groups is 1. The topological polar surface area (TPSA) is 37.3 Å². The van der Waals surface area contributed by atoms with Gasteiger partial charge in [0.25, 0.3) is 0 Å². The Morgan fingerprint density at radius 3 is 2.00 bits per heavy atom. The molecule has 0 aromatic heterocycles. The predicted molar refractivity (Wildman–Crippen MR) is 33.7 cm³/mol. The number of carboxylic acid groups (broad SMARTS) is 1. The van der Waals surface area contributed by atoms with E-state index in [1.807, 2.05) is 0 Å². The van der Waals surface area contributed by atoms with Crippen LogP contribution in [0.4, 0.5) is 0 Å². The van der Waals surface area contributed by atoms with Gasteiger partial charge in [-0.3, -0.25) is 4.79 Å². The molecule has 0 radical (unpaired) electrons. The van der Waals surface area contributed by atoms with E-state index >= 15 is 0 Å². The quantitative estimate of drug-likeness (QED) is 0.551. The number of carboxylic acids is 1. The SMILES string of the molecule is C=C.C=CCC(=O)O. The van der Waals surface area contributed by atoms with E-state index in [2.05, 4.69) is 19.7 Å². The van der Waals surface area contributed by atoms with Crippen molar-refractivity contribution < 1.29 is 9.90 Å². The van der Waals surface area contributed by atoms with Gasteiger partial charge in [-0.1, -0.05) is 6.08 Å². The molecule has 8 heavy (non-hydrogen) atoms. The van der Waals surface area contributed by atoms with Crippen molar-refractivity contribution >= 4 is 5.97 Å². The second-order valence-electron chi connectivity index (χ2n) is 0.887. The van der Waals surface area contributed by atoms with E-state index in [9.17, 15) is 4.79 Å². The van der Waals surface area contributed by atoms with Gasteiger partial charge in [-0.15, -0.1) is 19.7 Å². The zero-order chi connectivity index (χ0) is 6.99. The summed E-state index contributed by atoms with van der Waals surface area (Å²) < 4.78 is 0. The summed E-state index contributed by atoms with van der Waals surface area (Å²) >= 11 is 0. The average Bonchev–Trinajstić information content (AvgIpc) is 1.72. The maximum atomic E-state index is 9.53. The number of hydrogen-bond acceptors (Lipinski definition) is 1. The normalized spacial score (nSPS) is 6.00. The summed E-state index contributed by atoms with van der Waals surface area (Å²) in [6, 6.07) is 0. The van der Waals surface area contributed by atoms with Crippen LogP contribution in [-0.4, -0.2) is 11.1 Å². The summed E-state index contributed by atoms with van der Waals surface area (Å²) in [5.41, 5.74) is 0. The molecular formula is C6H10O2. The monoisotopic (exact) mass is 114 g/mol. The average molecular weight is 114 g/mol. The van der Waals surface area contributed by atoms with Crippen molar-refractivity contribution in [1.29, 1.82) is 0 Å². The number of rotatable bonds is 2. The third kappa shape index (κ3) is 20.3. The molecule has 0 aromatic rings. The van der Waals surface area contributed by atoms with Crippen molar-refractivity contribution in [2.75, 3.05) is 0 Å². The molecule has 1 N–H and O–H groups in total. The van der Waals surface area contributed by atoms with E-state index in [4.69, 9.17) is 5.11 Å². The molecule has 46 valence electrons. The third-order valence-corrected chi connectivity index (χ3v) is 0.319.